The number of nitrogens with two attached hydrogens (primary N) is 1. The number of nitrogens with one attached hydrogen (secondary N) is 1. The molecular weight excluding hydrogens is 262 g/mol. The van der Waals surface area contributed by atoms with E-state index in [9.17, 15) is 0 Å². The Balaban J connectivity index is 2.00. The molecular formula is C12H15N5OS. The summed E-state index contributed by atoms with van der Waals surface area (Å²) in [6.45, 7) is 3.23. The molecule has 2 aromatic heterocycles. The van der Waals surface area contributed by atoms with Crippen LogP contribution in [0.4, 0.5) is 0 Å². The molecule has 100 valence electrons. The third-order valence-corrected chi connectivity index (χ3v) is 3.35. The summed E-state index contributed by atoms with van der Waals surface area (Å²) in [5.74, 6) is 0.0157. The number of amidine groups is 1. The Morgan fingerprint density at radius 1 is 1.53 bits per heavy atom. The summed E-state index contributed by atoms with van der Waals surface area (Å²) in [4.78, 5) is 8.48. The first-order chi connectivity index (χ1) is 9.20. The highest BCUT2D eigenvalue weighted by atomic mass is 32.1. The zero-order chi connectivity index (χ0) is 13.7. The number of hydrogen-bond acceptors (Lipinski definition) is 6. The van der Waals surface area contributed by atoms with Crippen LogP contribution in [0.1, 0.15) is 22.0 Å². The Morgan fingerprint density at radius 3 is 3.05 bits per heavy atom. The van der Waals surface area contributed by atoms with Crippen LogP contribution in [-0.4, -0.2) is 21.0 Å². The summed E-state index contributed by atoms with van der Waals surface area (Å²) in [5, 5.41) is 18.0. The van der Waals surface area contributed by atoms with Crippen molar-refractivity contribution in [3.05, 3.63) is 45.7 Å². The van der Waals surface area contributed by atoms with Crippen LogP contribution in [0.25, 0.3) is 0 Å². The molecule has 0 radical (unpaired) electrons. The van der Waals surface area contributed by atoms with Gasteiger partial charge in [-0.1, -0.05) is 11.2 Å². The Hall–Kier alpha value is -1.99. The average molecular weight is 277 g/mol. The summed E-state index contributed by atoms with van der Waals surface area (Å²) in [6.07, 6.45) is 1.61. The van der Waals surface area contributed by atoms with E-state index in [-0.39, 0.29) is 5.84 Å². The molecule has 0 aromatic carbocycles. The highest BCUT2D eigenvalue weighted by Gasteiger charge is 2.07. The molecule has 0 unspecified atom stereocenters. The van der Waals surface area contributed by atoms with Crippen LogP contribution in [0.3, 0.4) is 0 Å². The Kier molecular flexibility index (Phi) is 4.43. The van der Waals surface area contributed by atoms with Crippen LogP contribution in [0.2, 0.25) is 0 Å². The van der Waals surface area contributed by atoms with Gasteiger partial charge in [0, 0.05) is 24.7 Å². The maximum atomic E-state index is 8.71. The lowest BCUT2D eigenvalue weighted by molar-refractivity contribution is 0.318. The van der Waals surface area contributed by atoms with E-state index in [2.05, 4.69) is 20.4 Å². The maximum absolute atomic E-state index is 8.71. The zero-order valence-electron chi connectivity index (χ0n) is 10.5. The lowest BCUT2D eigenvalue weighted by Gasteiger charge is -2.07. The van der Waals surface area contributed by atoms with Gasteiger partial charge in [-0.15, -0.1) is 11.3 Å². The molecule has 0 amide bonds. The van der Waals surface area contributed by atoms with Gasteiger partial charge in [-0.2, -0.15) is 0 Å². The van der Waals surface area contributed by atoms with Crippen molar-refractivity contribution in [2.75, 3.05) is 0 Å². The summed E-state index contributed by atoms with van der Waals surface area (Å²) < 4.78 is 0. The number of oxime groups is 1. The second kappa shape index (κ2) is 6.26. The molecule has 0 aliphatic heterocycles. The fraction of sp³-hybridized carbons (Fsp3) is 0.250. The first-order valence-corrected chi connectivity index (χ1v) is 6.62. The van der Waals surface area contributed by atoms with E-state index >= 15 is 0 Å². The van der Waals surface area contributed by atoms with Crippen molar-refractivity contribution >= 4 is 17.2 Å². The van der Waals surface area contributed by atoms with Crippen LogP contribution in [-0.2, 0) is 13.1 Å². The molecule has 4 N–H and O–H groups in total. The molecule has 7 heteroatoms. The lowest BCUT2D eigenvalue weighted by Crippen LogP contribution is -2.21. The quantitative estimate of drug-likeness (QED) is 0.330. The average Bonchev–Trinajstić information content (AvgIpc) is 2.84. The standard InChI is InChI=1S/C12H15N5OS/c1-8-16-10(7-19-8)6-14-5-9-3-2-4-15-11(9)12(13)17-18/h2-4,7,14,18H,5-6H2,1H3,(H2,13,17). The Morgan fingerprint density at radius 2 is 2.37 bits per heavy atom. The van der Waals surface area contributed by atoms with Gasteiger partial charge < -0.3 is 16.3 Å². The molecule has 0 spiro atoms. The summed E-state index contributed by atoms with van der Waals surface area (Å²) in [7, 11) is 0. The van der Waals surface area contributed by atoms with Crippen molar-refractivity contribution in [1.82, 2.24) is 15.3 Å². The predicted octanol–water partition coefficient (Wildman–Crippen LogP) is 1.23. The Bertz CT molecular complexity index is 581. The fourth-order valence-corrected chi connectivity index (χ4v) is 2.29. The van der Waals surface area contributed by atoms with E-state index in [4.69, 9.17) is 10.9 Å². The van der Waals surface area contributed by atoms with Crippen molar-refractivity contribution in [3.8, 4) is 0 Å². The number of aromatic nitrogens is 2. The van der Waals surface area contributed by atoms with Crippen LogP contribution < -0.4 is 11.1 Å². The SMILES string of the molecule is Cc1nc(CNCc2cccnc2C(N)=NO)cs1. The number of hydrogen-bond donors (Lipinski definition) is 3. The minimum absolute atomic E-state index is 0.0157. The highest BCUT2D eigenvalue weighted by Crippen LogP contribution is 2.09. The van der Waals surface area contributed by atoms with Gasteiger partial charge in [0.2, 0.25) is 0 Å². The van der Waals surface area contributed by atoms with Gasteiger partial charge in [0.05, 0.1) is 10.7 Å². The van der Waals surface area contributed by atoms with Crippen molar-refractivity contribution in [2.45, 2.75) is 20.0 Å². The van der Waals surface area contributed by atoms with Crippen LogP contribution in [0, 0.1) is 6.92 Å². The summed E-state index contributed by atoms with van der Waals surface area (Å²) >= 11 is 1.63. The molecule has 19 heavy (non-hydrogen) atoms. The molecule has 0 saturated heterocycles. The number of aryl methyl sites for hydroxylation is 1. The van der Waals surface area contributed by atoms with Gasteiger partial charge in [-0.05, 0) is 18.6 Å². The molecule has 0 bridgehead atoms. The molecule has 0 atom stereocenters. The molecule has 2 heterocycles. The highest BCUT2D eigenvalue weighted by molar-refractivity contribution is 7.09. The molecule has 2 aromatic rings. The zero-order valence-corrected chi connectivity index (χ0v) is 11.3. The van der Waals surface area contributed by atoms with Crippen molar-refractivity contribution in [2.24, 2.45) is 10.9 Å². The number of rotatable bonds is 5. The minimum atomic E-state index is 0.0157. The topological polar surface area (TPSA) is 96.4 Å². The van der Waals surface area contributed by atoms with Gasteiger partial charge in [0.1, 0.15) is 5.69 Å². The van der Waals surface area contributed by atoms with E-state index in [0.29, 0.717) is 18.8 Å². The van der Waals surface area contributed by atoms with Gasteiger partial charge in [-0.3, -0.25) is 4.98 Å². The van der Waals surface area contributed by atoms with Crippen LogP contribution in [0.5, 0.6) is 0 Å². The number of nitrogens with zero attached hydrogens (tertiary/aromatic N) is 3. The molecule has 0 fully saturated rings. The van der Waals surface area contributed by atoms with Gasteiger partial charge in [0.15, 0.2) is 5.84 Å². The van der Waals surface area contributed by atoms with Gasteiger partial charge in [-0.25, -0.2) is 4.98 Å². The molecule has 0 aliphatic carbocycles. The number of pyridine rings is 1. The van der Waals surface area contributed by atoms with Crippen molar-refractivity contribution < 1.29 is 5.21 Å². The van der Waals surface area contributed by atoms with E-state index in [1.54, 1.807) is 17.5 Å². The number of thiazole rings is 1. The van der Waals surface area contributed by atoms with Gasteiger partial charge >= 0.3 is 0 Å². The molecule has 2 rings (SSSR count). The largest absolute Gasteiger partial charge is 0.409 e. The fourth-order valence-electron chi connectivity index (χ4n) is 1.67. The minimum Gasteiger partial charge on any atom is -0.409 e. The van der Waals surface area contributed by atoms with E-state index < -0.39 is 0 Å². The van der Waals surface area contributed by atoms with E-state index in [0.717, 1.165) is 16.3 Å². The van der Waals surface area contributed by atoms with Crippen molar-refractivity contribution in [1.29, 1.82) is 0 Å². The first-order valence-electron chi connectivity index (χ1n) is 5.74. The van der Waals surface area contributed by atoms with E-state index in [1.807, 2.05) is 24.4 Å². The second-order valence-corrected chi connectivity index (χ2v) is 5.02. The molecule has 0 aliphatic rings. The Labute approximate surface area is 115 Å². The summed E-state index contributed by atoms with van der Waals surface area (Å²) in [6, 6.07) is 3.71. The molecule has 6 nitrogen and oxygen atoms in total. The summed E-state index contributed by atoms with van der Waals surface area (Å²) in [5.41, 5.74) is 7.96. The van der Waals surface area contributed by atoms with E-state index in [1.165, 1.54) is 0 Å². The third kappa shape index (κ3) is 3.49. The lowest BCUT2D eigenvalue weighted by atomic mass is 10.2. The molecule has 0 saturated carbocycles. The van der Waals surface area contributed by atoms with Gasteiger partial charge in [0.25, 0.3) is 0 Å². The predicted molar refractivity (Wildman–Crippen MR) is 74.1 cm³/mol. The third-order valence-electron chi connectivity index (χ3n) is 2.53. The normalized spacial score (nSPS) is 11.7. The maximum Gasteiger partial charge on any atom is 0.189 e. The van der Waals surface area contributed by atoms with Crippen LogP contribution >= 0.6 is 11.3 Å². The van der Waals surface area contributed by atoms with Crippen molar-refractivity contribution in [3.63, 3.8) is 0 Å². The monoisotopic (exact) mass is 277 g/mol. The first kappa shape index (κ1) is 13.4. The smallest absolute Gasteiger partial charge is 0.189 e. The van der Waals surface area contributed by atoms with Crippen LogP contribution in [0.15, 0.2) is 28.9 Å². The second-order valence-electron chi connectivity index (χ2n) is 3.96.